The molecule has 5 heteroatoms. The van der Waals surface area contributed by atoms with Gasteiger partial charge in [0.1, 0.15) is 5.75 Å². The smallest absolute Gasteiger partial charge is 0.140 e. The zero-order valence-electron chi connectivity index (χ0n) is 14.7. The quantitative estimate of drug-likeness (QED) is 0.280. The van der Waals surface area contributed by atoms with Gasteiger partial charge in [-0.2, -0.15) is 10.2 Å². The van der Waals surface area contributed by atoms with E-state index in [9.17, 15) is 0 Å². The summed E-state index contributed by atoms with van der Waals surface area (Å²) in [6.07, 6.45) is 7.38. The Balaban J connectivity index is 1.85. The summed E-state index contributed by atoms with van der Waals surface area (Å²) in [6, 6.07) is 12.7. The van der Waals surface area contributed by atoms with E-state index in [4.69, 9.17) is 22.1 Å². The van der Waals surface area contributed by atoms with Crippen LogP contribution in [0.5, 0.6) is 5.75 Å². The fourth-order valence-electron chi connectivity index (χ4n) is 2.39. The van der Waals surface area contributed by atoms with Crippen molar-refractivity contribution in [2.45, 2.75) is 45.4 Å². The molecule has 4 nitrogen and oxygen atoms in total. The van der Waals surface area contributed by atoms with E-state index in [1.807, 2.05) is 24.3 Å². The molecular weight excluding hydrogens is 334 g/mol. The van der Waals surface area contributed by atoms with Crippen LogP contribution in [0.2, 0.25) is 5.02 Å². The molecule has 0 amide bonds. The van der Waals surface area contributed by atoms with Crippen molar-refractivity contribution >= 4 is 28.7 Å². The maximum Gasteiger partial charge on any atom is 0.140 e. The molecule has 0 aliphatic carbocycles. The van der Waals surface area contributed by atoms with Crippen LogP contribution >= 0.6 is 11.6 Å². The third kappa shape index (κ3) is 7.14. The highest BCUT2D eigenvalue weighted by atomic mass is 35.5. The monoisotopic (exact) mass is 359 g/mol. The molecule has 2 aromatic rings. The van der Waals surface area contributed by atoms with Crippen LogP contribution in [0.25, 0.3) is 0 Å². The average Bonchev–Trinajstić information content (AvgIpc) is 2.62. The molecular formula is C20H26ClN3O. The van der Waals surface area contributed by atoms with Gasteiger partial charge in [0.2, 0.25) is 0 Å². The molecule has 0 unspecified atom stereocenters. The Hall–Kier alpha value is -2.07. The molecule has 0 atom stereocenters. The van der Waals surface area contributed by atoms with Crippen molar-refractivity contribution in [2.75, 3.05) is 12.3 Å². The molecule has 2 rings (SSSR count). The molecule has 0 bridgehead atoms. The van der Waals surface area contributed by atoms with Gasteiger partial charge in [0.05, 0.1) is 23.0 Å². The number of halogens is 1. The predicted octanol–water partition coefficient (Wildman–Crippen LogP) is 7.08. The van der Waals surface area contributed by atoms with Crippen molar-refractivity contribution < 1.29 is 4.74 Å². The summed E-state index contributed by atoms with van der Waals surface area (Å²) in [6.45, 7) is 2.90. The van der Waals surface area contributed by atoms with Gasteiger partial charge in [-0.05, 0) is 42.8 Å². The van der Waals surface area contributed by atoms with E-state index >= 15 is 0 Å². The molecule has 0 spiro atoms. The molecule has 0 saturated carbocycles. The van der Waals surface area contributed by atoms with Gasteiger partial charge >= 0.3 is 0 Å². The second-order valence-electron chi connectivity index (χ2n) is 6.02. The zero-order valence-corrected chi connectivity index (χ0v) is 15.5. The number of rotatable bonds is 10. The Morgan fingerprint density at radius 1 is 0.880 bits per heavy atom. The number of ether oxygens (including phenoxy) is 1. The number of unbranched alkanes of at least 4 members (excludes halogenated alkanes) is 5. The molecule has 0 radical (unpaired) electrons. The van der Waals surface area contributed by atoms with Crippen LogP contribution in [0, 0.1) is 0 Å². The molecule has 0 aromatic heterocycles. The number of nitrogens with zero attached hydrogens (tertiary/aromatic N) is 2. The highest BCUT2D eigenvalue weighted by Gasteiger charge is 2.03. The largest absolute Gasteiger partial charge is 0.492 e. The Kier molecular flexibility index (Phi) is 8.26. The lowest BCUT2D eigenvalue weighted by Gasteiger charge is -2.08. The lowest BCUT2D eigenvalue weighted by Crippen LogP contribution is -1.97. The van der Waals surface area contributed by atoms with Crippen LogP contribution in [0.3, 0.4) is 0 Å². The van der Waals surface area contributed by atoms with Crippen LogP contribution in [0.4, 0.5) is 17.1 Å². The minimum Gasteiger partial charge on any atom is -0.492 e. The first-order chi connectivity index (χ1) is 12.2. The average molecular weight is 360 g/mol. The molecule has 25 heavy (non-hydrogen) atoms. The van der Waals surface area contributed by atoms with Gasteiger partial charge < -0.3 is 10.5 Å². The number of nitrogen functional groups attached to an aromatic ring is 1. The number of anilines is 1. The first-order valence-electron chi connectivity index (χ1n) is 8.88. The molecule has 2 N–H and O–H groups in total. The molecule has 0 aliphatic rings. The van der Waals surface area contributed by atoms with Crippen LogP contribution in [0.1, 0.15) is 45.4 Å². The van der Waals surface area contributed by atoms with Crippen molar-refractivity contribution in [3.63, 3.8) is 0 Å². The fraction of sp³-hybridized carbons (Fsp3) is 0.400. The maximum absolute atomic E-state index is 6.20. The predicted molar refractivity (Wildman–Crippen MR) is 105 cm³/mol. The summed E-state index contributed by atoms with van der Waals surface area (Å²) >= 11 is 6.20. The third-order valence-corrected chi connectivity index (χ3v) is 4.16. The third-order valence-electron chi connectivity index (χ3n) is 3.84. The van der Waals surface area contributed by atoms with Gasteiger partial charge in [-0.1, -0.05) is 50.6 Å². The fourth-order valence-corrected chi connectivity index (χ4v) is 2.56. The van der Waals surface area contributed by atoms with E-state index in [-0.39, 0.29) is 0 Å². The number of hydrogen-bond donors (Lipinski definition) is 1. The Bertz CT molecular complexity index is 671. The first-order valence-corrected chi connectivity index (χ1v) is 9.26. The van der Waals surface area contributed by atoms with Crippen LogP contribution in [0.15, 0.2) is 52.7 Å². The minimum absolute atomic E-state index is 0.595. The van der Waals surface area contributed by atoms with E-state index in [0.29, 0.717) is 28.8 Å². The lowest BCUT2D eigenvalue weighted by molar-refractivity contribution is 0.304. The number of benzene rings is 2. The summed E-state index contributed by atoms with van der Waals surface area (Å²) in [7, 11) is 0. The summed E-state index contributed by atoms with van der Waals surface area (Å²) in [5.41, 5.74) is 7.82. The normalized spacial score (nSPS) is 11.1. The SMILES string of the molecule is CCCCCCCCOc1cc(N=Nc2ccc(N)cc2)ccc1Cl. The summed E-state index contributed by atoms with van der Waals surface area (Å²) in [4.78, 5) is 0. The van der Waals surface area contributed by atoms with Crippen molar-refractivity contribution in [3.8, 4) is 5.75 Å². The molecule has 2 aromatic carbocycles. The van der Waals surface area contributed by atoms with E-state index < -0.39 is 0 Å². The summed E-state index contributed by atoms with van der Waals surface area (Å²) in [5.74, 6) is 0.656. The Morgan fingerprint density at radius 2 is 1.52 bits per heavy atom. The van der Waals surface area contributed by atoms with Gasteiger partial charge in [0.15, 0.2) is 0 Å². The highest BCUT2D eigenvalue weighted by Crippen LogP contribution is 2.30. The topological polar surface area (TPSA) is 60.0 Å². The number of nitrogens with two attached hydrogens (primary N) is 1. The molecule has 0 fully saturated rings. The maximum atomic E-state index is 6.20. The second kappa shape index (κ2) is 10.7. The second-order valence-corrected chi connectivity index (χ2v) is 6.43. The van der Waals surface area contributed by atoms with E-state index in [2.05, 4.69) is 17.2 Å². The van der Waals surface area contributed by atoms with Crippen molar-refractivity contribution in [1.29, 1.82) is 0 Å². The molecule has 0 heterocycles. The molecule has 0 saturated heterocycles. The highest BCUT2D eigenvalue weighted by molar-refractivity contribution is 6.32. The summed E-state index contributed by atoms with van der Waals surface area (Å²) in [5, 5.41) is 9.02. The van der Waals surface area contributed by atoms with Crippen molar-refractivity contribution in [3.05, 3.63) is 47.5 Å². The van der Waals surface area contributed by atoms with Gasteiger partial charge in [-0.3, -0.25) is 0 Å². The van der Waals surface area contributed by atoms with Crippen LogP contribution in [-0.4, -0.2) is 6.61 Å². The Morgan fingerprint density at radius 3 is 2.28 bits per heavy atom. The van der Waals surface area contributed by atoms with Gasteiger partial charge in [-0.25, -0.2) is 0 Å². The van der Waals surface area contributed by atoms with Gasteiger partial charge in [0, 0.05) is 11.8 Å². The van der Waals surface area contributed by atoms with Crippen LogP contribution < -0.4 is 10.5 Å². The zero-order chi connectivity index (χ0) is 17.9. The van der Waals surface area contributed by atoms with Crippen molar-refractivity contribution in [2.24, 2.45) is 10.2 Å². The lowest BCUT2D eigenvalue weighted by atomic mass is 10.1. The molecule has 0 aliphatic heterocycles. The summed E-state index contributed by atoms with van der Waals surface area (Å²) < 4.78 is 5.80. The number of azo groups is 1. The van der Waals surface area contributed by atoms with E-state index in [0.717, 1.165) is 12.1 Å². The first kappa shape index (κ1) is 19.3. The van der Waals surface area contributed by atoms with Gasteiger partial charge in [0.25, 0.3) is 0 Å². The standard InChI is InChI=1S/C20H26ClN3O/c1-2-3-4-5-6-7-14-25-20-15-18(12-13-19(20)21)24-23-17-10-8-16(22)9-11-17/h8-13,15H,2-7,14,22H2,1H3. The van der Waals surface area contributed by atoms with Gasteiger partial charge in [-0.15, -0.1) is 0 Å². The van der Waals surface area contributed by atoms with E-state index in [1.54, 1.807) is 18.2 Å². The van der Waals surface area contributed by atoms with E-state index in [1.165, 1.54) is 32.1 Å². The van der Waals surface area contributed by atoms with Crippen molar-refractivity contribution in [1.82, 2.24) is 0 Å². The van der Waals surface area contributed by atoms with Crippen LogP contribution in [-0.2, 0) is 0 Å². The molecule has 134 valence electrons. The minimum atomic E-state index is 0.595. The Labute approximate surface area is 155 Å². The number of hydrogen-bond acceptors (Lipinski definition) is 4.